The molecule has 1 unspecified atom stereocenters. The van der Waals surface area contributed by atoms with Gasteiger partial charge in [0.1, 0.15) is 67.1 Å². The van der Waals surface area contributed by atoms with Gasteiger partial charge in [0.05, 0.1) is 43.7 Å². The first-order valence-corrected chi connectivity index (χ1v) is 23.8. The van der Waals surface area contributed by atoms with E-state index < -0.39 is 134 Å². The summed E-state index contributed by atoms with van der Waals surface area (Å²) >= 11 is 0. The van der Waals surface area contributed by atoms with Crippen LogP contribution in [-0.4, -0.2) is 197 Å². The molecule has 4 aliphatic heterocycles. The fraction of sp³-hybridized carbons (Fsp3) is 1.00. The molecular weight excluding hydrogens is 844 g/mol. The molecule has 0 bridgehead atoms. The van der Waals surface area contributed by atoms with E-state index in [0.717, 1.165) is 32.1 Å². The zero-order valence-corrected chi connectivity index (χ0v) is 37.7. The predicted molar refractivity (Wildman–Crippen MR) is 219 cm³/mol. The number of fused-ring (bicyclic) bond motifs is 7. The van der Waals surface area contributed by atoms with Crippen molar-refractivity contribution in [2.24, 2.45) is 46.3 Å². The lowest BCUT2D eigenvalue weighted by Crippen LogP contribution is -2.68. The van der Waals surface area contributed by atoms with Crippen LogP contribution in [0.1, 0.15) is 98.8 Å². The minimum absolute atomic E-state index is 0.0626. The Morgan fingerprint density at radius 2 is 1.34 bits per heavy atom. The first-order chi connectivity index (χ1) is 30.1. The molecule has 8 fully saturated rings. The van der Waals surface area contributed by atoms with Crippen molar-refractivity contribution in [3.05, 3.63) is 0 Å². The Hall–Kier alpha value is -0.760. The average Bonchev–Trinajstić information content (AvgIpc) is 3.67. The summed E-state index contributed by atoms with van der Waals surface area (Å²) in [4.78, 5) is 0. The van der Waals surface area contributed by atoms with Crippen LogP contribution in [-0.2, 0) is 33.2 Å². The number of hydrogen-bond acceptors (Lipinski definition) is 19. The lowest BCUT2D eigenvalue weighted by atomic mass is 9.43. The van der Waals surface area contributed by atoms with E-state index >= 15 is 0 Å². The molecule has 0 amide bonds. The molecule has 27 atom stereocenters. The van der Waals surface area contributed by atoms with Gasteiger partial charge in [-0.15, -0.1) is 0 Å². The zero-order chi connectivity index (χ0) is 46.4. The van der Waals surface area contributed by atoms with Crippen molar-refractivity contribution in [3.8, 4) is 0 Å². The van der Waals surface area contributed by atoms with Gasteiger partial charge in [-0.3, -0.25) is 0 Å². The van der Waals surface area contributed by atoms with E-state index in [9.17, 15) is 61.3 Å². The van der Waals surface area contributed by atoms with Gasteiger partial charge in [0, 0.05) is 30.1 Å². The van der Waals surface area contributed by atoms with E-state index in [4.69, 9.17) is 33.2 Å². The van der Waals surface area contributed by atoms with Gasteiger partial charge in [0.25, 0.3) is 0 Å². The first kappa shape index (κ1) is 49.7. The Bertz CT molecular complexity index is 1600. The highest BCUT2D eigenvalue weighted by molar-refractivity contribution is 5.23. The summed E-state index contributed by atoms with van der Waals surface area (Å²) < 4.78 is 43.4. The quantitative estimate of drug-likeness (QED) is 0.105. The van der Waals surface area contributed by atoms with E-state index in [1.807, 2.05) is 13.8 Å². The van der Waals surface area contributed by atoms with Crippen LogP contribution in [0.25, 0.3) is 0 Å². The molecule has 0 aromatic rings. The SMILES string of the molecule is C[C@@H](CC[C@@]1(O)O[C@H]2CC3(O[C@@H]4O[C@H](CO)[C@@H](O)[C@H](O[C@@H]5O[C@@H](C)[C@H](O)[C@@H](O)[C@H]5O)[C@H]4O)[C@@H]4CC[C@@H]5C[C@@H](O)CC[C@]5(C)[C@H]4CC[C@]3(C)[C@H]2[C@@H]1C)CO[C@@H]1O[C@H](CO)[C@H](O)[C@H](O)[C@H]1O. The number of aliphatic hydroxyl groups excluding tert-OH is 11. The molecule has 19 heteroatoms. The van der Waals surface area contributed by atoms with Crippen LogP contribution in [0.15, 0.2) is 0 Å². The van der Waals surface area contributed by atoms with Crippen LogP contribution in [0, 0.1) is 46.3 Å². The second kappa shape index (κ2) is 18.5. The van der Waals surface area contributed by atoms with Crippen LogP contribution >= 0.6 is 0 Å². The summed E-state index contributed by atoms with van der Waals surface area (Å²) in [6.45, 7) is 8.75. The third kappa shape index (κ3) is 8.14. The fourth-order valence-electron chi connectivity index (χ4n) is 14.2. The highest BCUT2D eigenvalue weighted by Crippen LogP contribution is 2.74. The summed E-state index contributed by atoms with van der Waals surface area (Å²) in [6, 6.07) is 0. The molecule has 12 N–H and O–H groups in total. The van der Waals surface area contributed by atoms with Crippen molar-refractivity contribution < 1.29 is 94.4 Å². The van der Waals surface area contributed by atoms with Crippen molar-refractivity contribution in [1.82, 2.24) is 0 Å². The maximum atomic E-state index is 12.4. The molecular formula is C45H76O19. The normalized spacial score (nSPS) is 56.8. The Morgan fingerprint density at radius 1 is 0.688 bits per heavy atom. The molecule has 4 saturated carbocycles. The Kier molecular flexibility index (Phi) is 14.4. The zero-order valence-electron chi connectivity index (χ0n) is 37.7. The highest BCUT2D eigenvalue weighted by atomic mass is 16.7. The Labute approximate surface area is 374 Å². The van der Waals surface area contributed by atoms with Crippen molar-refractivity contribution in [2.45, 2.75) is 215 Å². The highest BCUT2D eigenvalue weighted by Gasteiger charge is 2.76. The summed E-state index contributed by atoms with van der Waals surface area (Å²) in [6.07, 6.45) is -16.1. The third-order valence-electron chi connectivity index (χ3n) is 18.1. The monoisotopic (exact) mass is 920 g/mol. The van der Waals surface area contributed by atoms with E-state index in [1.165, 1.54) is 6.92 Å². The maximum absolute atomic E-state index is 12.4. The van der Waals surface area contributed by atoms with Crippen LogP contribution in [0.2, 0.25) is 0 Å². The molecule has 4 heterocycles. The summed E-state index contributed by atoms with van der Waals surface area (Å²) in [5.41, 5.74) is -1.76. The number of aliphatic hydroxyl groups is 12. The van der Waals surface area contributed by atoms with Crippen molar-refractivity contribution in [1.29, 1.82) is 0 Å². The van der Waals surface area contributed by atoms with Gasteiger partial charge in [-0.1, -0.05) is 27.7 Å². The molecule has 4 aliphatic carbocycles. The Morgan fingerprint density at radius 3 is 2.05 bits per heavy atom. The van der Waals surface area contributed by atoms with E-state index in [0.29, 0.717) is 31.6 Å². The molecule has 8 rings (SSSR count). The topological polar surface area (TPSA) is 307 Å². The number of hydrogen-bond donors (Lipinski definition) is 12. The summed E-state index contributed by atoms with van der Waals surface area (Å²) in [7, 11) is 0. The standard InChI is InChI=1S/C45H76O19/c1-19(18-58-39-35(54)34(53)31(50)27(16-46)60-39)8-13-45(57)20(2)29-26(63-45)15-44(25-7-6-22-14-23(48)9-11-42(22,4)24(25)10-12-43(29,44)5)64-41-37(56)38(32(51)28(17-47)61-41)62-40-36(55)33(52)30(49)21(3)59-40/h19-41,46-57H,6-18H2,1-5H3/t19-,20-,21-,22+,23-,24-,25+,26-,27+,28+,29-,30-,31-,32+,33+,34-,35+,36+,37+,38-,39+,40-,41-,42-,43+,44?,45+/m0/s1. The molecule has 0 aromatic heterocycles. The minimum atomic E-state index is -1.73. The smallest absolute Gasteiger partial charge is 0.187 e. The van der Waals surface area contributed by atoms with Crippen molar-refractivity contribution in [3.63, 3.8) is 0 Å². The van der Waals surface area contributed by atoms with Crippen LogP contribution in [0.4, 0.5) is 0 Å². The fourth-order valence-corrected chi connectivity index (χ4v) is 14.2. The minimum Gasteiger partial charge on any atom is -0.394 e. The molecule has 370 valence electrons. The van der Waals surface area contributed by atoms with Crippen LogP contribution in [0.5, 0.6) is 0 Å². The third-order valence-corrected chi connectivity index (χ3v) is 18.1. The molecule has 0 spiro atoms. The van der Waals surface area contributed by atoms with Gasteiger partial charge < -0.3 is 94.4 Å². The second-order valence-electron chi connectivity index (χ2n) is 21.6. The van der Waals surface area contributed by atoms with E-state index in [-0.39, 0.29) is 48.2 Å². The lowest BCUT2D eigenvalue weighted by molar-refractivity contribution is -0.384. The lowest BCUT2D eigenvalue weighted by Gasteiger charge is -2.65. The van der Waals surface area contributed by atoms with E-state index in [2.05, 4.69) is 13.8 Å². The maximum Gasteiger partial charge on any atom is 0.187 e. The van der Waals surface area contributed by atoms with Gasteiger partial charge in [0.2, 0.25) is 0 Å². The van der Waals surface area contributed by atoms with Crippen molar-refractivity contribution in [2.75, 3.05) is 19.8 Å². The second-order valence-corrected chi connectivity index (χ2v) is 21.6. The molecule has 8 aliphatic rings. The first-order valence-electron chi connectivity index (χ1n) is 23.8. The van der Waals surface area contributed by atoms with Crippen LogP contribution in [0.3, 0.4) is 0 Å². The number of ether oxygens (including phenoxy) is 7. The van der Waals surface area contributed by atoms with Gasteiger partial charge >= 0.3 is 0 Å². The molecule has 0 aromatic carbocycles. The Balaban J connectivity index is 1.04. The molecule has 4 saturated heterocycles. The summed E-state index contributed by atoms with van der Waals surface area (Å²) in [5.74, 6) is -1.89. The van der Waals surface area contributed by atoms with Crippen molar-refractivity contribution >= 4 is 0 Å². The van der Waals surface area contributed by atoms with Gasteiger partial charge in [0.15, 0.2) is 24.7 Å². The molecule has 19 nitrogen and oxygen atoms in total. The van der Waals surface area contributed by atoms with Crippen LogP contribution < -0.4 is 0 Å². The summed E-state index contributed by atoms with van der Waals surface area (Å²) in [5, 5.41) is 129. The average molecular weight is 921 g/mol. The number of rotatable bonds is 12. The molecule has 64 heavy (non-hydrogen) atoms. The van der Waals surface area contributed by atoms with E-state index in [1.54, 1.807) is 0 Å². The van der Waals surface area contributed by atoms with Gasteiger partial charge in [-0.25, -0.2) is 0 Å². The van der Waals surface area contributed by atoms with Gasteiger partial charge in [-0.05, 0) is 87.4 Å². The largest absolute Gasteiger partial charge is 0.394 e. The molecule has 0 radical (unpaired) electrons. The predicted octanol–water partition coefficient (Wildman–Crippen LogP) is -1.64. The van der Waals surface area contributed by atoms with Gasteiger partial charge in [-0.2, -0.15) is 0 Å².